The minimum atomic E-state index is 0. The Labute approximate surface area is 199 Å². The summed E-state index contributed by atoms with van der Waals surface area (Å²) >= 11 is 0. The van der Waals surface area contributed by atoms with E-state index in [-0.39, 0.29) is 24.0 Å². The van der Waals surface area contributed by atoms with Crippen LogP contribution in [0.2, 0.25) is 0 Å². The molecule has 0 aliphatic carbocycles. The highest BCUT2D eigenvalue weighted by Crippen LogP contribution is 2.20. The van der Waals surface area contributed by atoms with Gasteiger partial charge in [0.05, 0.1) is 12.7 Å². The van der Waals surface area contributed by atoms with Gasteiger partial charge in [-0.15, -0.1) is 24.0 Å². The number of nitrogens with zero attached hydrogens (tertiary/aromatic N) is 1. The minimum Gasteiger partial charge on any atom is -0.493 e. The van der Waals surface area contributed by atoms with Crippen LogP contribution in [-0.2, 0) is 16.0 Å². The third kappa shape index (κ3) is 10.8. The topological polar surface area (TPSA) is 64.1 Å². The van der Waals surface area contributed by atoms with Crippen molar-refractivity contribution >= 4 is 29.9 Å². The molecule has 0 atom stereocenters. The molecule has 1 aromatic carbocycles. The molecule has 1 saturated heterocycles. The Balaban J connectivity index is 0.00000450. The summed E-state index contributed by atoms with van der Waals surface area (Å²) in [6.45, 7) is 8.99. The van der Waals surface area contributed by atoms with E-state index in [0.29, 0.717) is 12.6 Å². The van der Waals surface area contributed by atoms with E-state index in [0.717, 1.165) is 75.9 Å². The molecule has 0 aromatic heterocycles. The highest BCUT2D eigenvalue weighted by atomic mass is 127. The normalized spacial score (nSPS) is 14.8. The molecule has 1 aromatic rings. The second kappa shape index (κ2) is 16.6. The maximum atomic E-state index is 6.03. The number of rotatable bonds is 12. The molecule has 7 heteroatoms. The van der Waals surface area contributed by atoms with Crippen LogP contribution in [0.4, 0.5) is 0 Å². The van der Waals surface area contributed by atoms with Gasteiger partial charge in [-0.1, -0.05) is 31.9 Å². The number of hydrogen-bond donors (Lipinski definition) is 2. The number of nitrogens with one attached hydrogen (secondary N) is 2. The maximum absolute atomic E-state index is 6.03. The first-order valence-electron chi connectivity index (χ1n) is 11.1. The zero-order chi connectivity index (χ0) is 20.7. The lowest BCUT2D eigenvalue weighted by atomic mass is 10.1. The Morgan fingerprint density at radius 1 is 1.13 bits per heavy atom. The van der Waals surface area contributed by atoms with Crippen LogP contribution in [-0.4, -0.2) is 52.1 Å². The molecule has 0 spiro atoms. The first-order chi connectivity index (χ1) is 14.2. The molecule has 0 radical (unpaired) electrons. The van der Waals surface area contributed by atoms with E-state index in [1.165, 1.54) is 18.4 Å². The van der Waals surface area contributed by atoms with Gasteiger partial charge in [-0.2, -0.15) is 0 Å². The van der Waals surface area contributed by atoms with Crippen molar-refractivity contribution in [2.24, 2.45) is 4.99 Å². The number of guanidine groups is 1. The summed E-state index contributed by atoms with van der Waals surface area (Å²) in [5, 5.41) is 6.75. The van der Waals surface area contributed by atoms with Crippen molar-refractivity contribution in [1.82, 2.24) is 10.6 Å². The van der Waals surface area contributed by atoms with E-state index in [9.17, 15) is 0 Å². The van der Waals surface area contributed by atoms with Gasteiger partial charge >= 0.3 is 0 Å². The predicted octanol–water partition coefficient (Wildman–Crippen LogP) is 4.43. The van der Waals surface area contributed by atoms with Crippen LogP contribution in [0.1, 0.15) is 56.6 Å². The van der Waals surface area contributed by atoms with E-state index in [2.05, 4.69) is 47.7 Å². The maximum Gasteiger partial charge on any atom is 0.191 e. The van der Waals surface area contributed by atoms with Gasteiger partial charge < -0.3 is 24.8 Å². The van der Waals surface area contributed by atoms with E-state index >= 15 is 0 Å². The number of aryl methyl sites for hydroxylation is 1. The minimum absolute atomic E-state index is 0. The zero-order valence-electron chi connectivity index (χ0n) is 18.9. The van der Waals surface area contributed by atoms with Crippen LogP contribution >= 0.6 is 24.0 Å². The van der Waals surface area contributed by atoms with Gasteiger partial charge in [0.1, 0.15) is 5.75 Å². The van der Waals surface area contributed by atoms with E-state index < -0.39 is 0 Å². The smallest absolute Gasteiger partial charge is 0.191 e. The van der Waals surface area contributed by atoms with Gasteiger partial charge in [0.25, 0.3) is 0 Å². The fourth-order valence-corrected chi connectivity index (χ4v) is 3.25. The molecule has 0 amide bonds. The Kier molecular flexibility index (Phi) is 14.9. The Morgan fingerprint density at radius 3 is 2.67 bits per heavy atom. The number of halogens is 1. The van der Waals surface area contributed by atoms with Crippen molar-refractivity contribution in [2.75, 3.05) is 40.0 Å². The SMILES string of the molecule is CCCCCOc1cc(C)ccc1CNC(=NC)NCCCOC1CCOCC1.I. The van der Waals surface area contributed by atoms with Crippen LogP contribution in [0, 0.1) is 6.92 Å². The summed E-state index contributed by atoms with van der Waals surface area (Å²) in [7, 11) is 1.80. The van der Waals surface area contributed by atoms with Crippen molar-refractivity contribution in [3.63, 3.8) is 0 Å². The molecule has 2 N–H and O–H groups in total. The molecule has 1 aliphatic heterocycles. The monoisotopic (exact) mass is 533 g/mol. The van der Waals surface area contributed by atoms with Gasteiger partial charge in [0, 0.05) is 45.5 Å². The largest absolute Gasteiger partial charge is 0.493 e. The van der Waals surface area contributed by atoms with Crippen molar-refractivity contribution in [2.45, 2.75) is 65.0 Å². The van der Waals surface area contributed by atoms with Crippen molar-refractivity contribution < 1.29 is 14.2 Å². The summed E-state index contributed by atoms with van der Waals surface area (Å²) in [4.78, 5) is 4.32. The van der Waals surface area contributed by atoms with Crippen LogP contribution < -0.4 is 15.4 Å². The standard InChI is InChI=1S/C23H39N3O3.HI/c1-4-5-6-13-29-22-17-19(2)8-9-20(22)18-26-23(24-3)25-12-7-14-28-21-10-15-27-16-11-21;/h8-9,17,21H,4-7,10-16,18H2,1-3H3,(H2,24,25,26);1H. The molecule has 0 saturated carbocycles. The number of hydrogen-bond acceptors (Lipinski definition) is 4. The lowest BCUT2D eigenvalue weighted by Crippen LogP contribution is -2.37. The lowest BCUT2D eigenvalue weighted by molar-refractivity contribution is -0.0320. The molecule has 0 bridgehead atoms. The van der Waals surface area contributed by atoms with E-state index in [1.54, 1.807) is 7.05 Å². The Hall–Kier alpha value is -1.06. The third-order valence-corrected chi connectivity index (χ3v) is 5.03. The fourth-order valence-electron chi connectivity index (χ4n) is 3.25. The highest BCUT2D eigenvalue weighted by Gasteiger charge is 2.13. The van der Waals surface area contributed by atoms with E-state index in [4.69, 9.17) is 14.2 Å². The molecule has 1 fully saturated rings. The summed E-state index contributed by atoms with van der Waals surface area (Å²) in [5.41, 5.74) is 2.36. The summed E-state index contributed by atoms with van der Waals surface area (Å²) < 4.78 is 17.3. The van der Waals surface area contributed by atoms with Crippen LogP contribution in [0.3, 0.4) is 0 Å². The molecular formula is C23H40IN3O3. The molecular weight excluding hydrogens is 493 g/mol. The van der Waals surface area contributed by atoms with Crippen LogP contribution in [0.15, 0.2) is 23.2 Å². The molecule has 1 aliphatic rings. The Morgan fingerprint density at radius 2 is 1.93 bits per heavy atom. The first kappa shape index (κ1) is 27.0. The number of benzene rings is 1. The summed E-state index contributed by atoms with van der Waals surface area (Å²) in [6.07, 6.45) is 6.83. The van der Waals surface area contributed by atoms with Crippen molar-refractivity contribution in [1.29, 1.82) is 0 Å². The number of ether oxygens (including phenoxy) is 3. The first-order valence-corrected chi connectivity index (χ1v) is 11.1. The molecule has 6 nitrogen and oxygen atoms in total. The molecule has 0 unspecified atom stereocenters. The van der Waals surface area contributed by atoms with Crippen molar-refractivity contribution in [3.05, 3.63) is 29.3 Å². The lowest BCUT2D eigenvalue weighted by Gasteiger charge is -2.22. The second-order valence-corrected chi connectivity index (χ2v) is 7.56. The van der Waals surface area contributed by atoms with Crippen LogP contribution in [0.5, 0.6) is 5.75 Å². The highest BCUT2D eigenvalue weighted by molar-refractivity contribution is 14.0. The average molecular weight is 533 g/mol. The predicted molar refractivity (Wildman–Crippen MR) is 134 cm³/mol. The van der Waals surface area contributed by atoms with Crippen LogP contribution in [0.25, 0.3) is 0 Å². The number of unbranched alkanes of at least 4 members (excludes halogenated alkanes) is 2. The van der Waals surface area contributed by atoms with Gasteiger partial charge in [0.15, 0.2) is 5.96 Å². The summed E-state index contributed by atoms with van der Waals surface area (Å²) in [6, 6.07) is 6.37. The van der Waals surface area contributed by atoms with E-state index in [1.807, 2.05) is 0 Å². The molecule has 172 valence electrons. The second-order valence-electron chi connectivity index (χ2n) is 7.56. The van der Waals surface area contributed by atoms with Gasteiger partial charge in [-0.3, -0.25) is 4.99 Å². The van der Waals surface area contributed by atoms with Crippen molar-refractivity contribution in [3.8, 4) is 5.75 Å². The van der Waals surface area contributed by atoms with Gasteiger partial charge in [-0.05, 0) is 44.2 Å². The Bertz CT molecular complexity index is 607. The zero-order valence-corrected chi connectivity index (χ0v) is 21.2. The third-order valence-electron chi connectivity index (χ3n) is 5.03. The average Bonchev–Trinajstić information content (AvgIpc) is 2.75. The number of aliphatic imine (C=N–C) groups is 1. The van der Waals surface area contributed by atoms with Gasteiger partial charge in [0.2, 0.25) is 0 Å². The van der Waals surface area contributed by atoms with Gasteiger partial charge in [-0.25, -0.2) is 0 Å². The molecule has 1 heterocycles. The fraction of sp³-hybridized carbons (Fsp3) is 0.696. The molecule has 2 rings (SSSR count). The molecule has 30 heavy (non-hydrogen) atoms. The quantitative estimate of drug-likeness (QED) is 0.180. The summed E-state index contributed by atoms with van der Waals surface area (Å²) in [5.74, 6) is 1.77.